The molecule has 0 amide bonds. The number of carbonyl (C=O) groups is 3. The lowest BCUT2D eigenvalue weighted by Crippen LogP contribution is -2.50. The Morgan fingerprint density at radius 2 is 1.72 bits per heavy atom. The number of hydrogen-bond donors (Lipinski definition) is 2. The number of aromatic nitrogens is 3. The molecular weight excluding hydrogens is 635 g/mol. The van der Waals surface area contributed by atoms with Gasteiger partial charge < -0.3 is 29.2 Å². The van der Waals surface area contributed by atoms with Crippen LogP contribution < -0.4 is 15.3 Å². The Morgan fingerprint density at radius 1 is 1.06 bits per heavy atom. The molecule has 0 aliphatic carbocycles. The molecule has 0 saturated carbocycles. The average Bonchev–Trinajstić information content (AvgIpc) is 3.60. The van der Waals surface area contributed by atoms with Crippen molar-refractivity contribution in [1.29, 1.82) is 5.26 Å². The van der Waals surface area contributed by atoms with E-state index >= 15 is 0 Å². The van der Waals surface area contributed by atoms with Crippen molar-refractivity contribution in [3.8, 4) is 11.8 Å². The Balaban J connectivity index is 1.81. The number of para-hydroxylation sites is 1. The third-order valence-electron chi connectivity index (χ3n) is 7.15. The molecule has 47 heavy (non-hydrogen) atoms. The number of anilines is 1. The van der Waals surface area contributed by atoms with Crippen LogP contribution in [0.3, 0.4) is 0 Å². The van der Waals surface area contributed by atoms with Gasteiger partial charge in [0.2, 0.25) is 5.60 Å². The van der Waals surface area contributed by atoms with Gasteiger partial charge in [0, 0.05) is 0 Å². The fraction of sp³-hybridized carbons (Fsp3) is 0.467. The molecule has 6 atom stereocenters. The second-order valence-corrected chi connectivity index (χ2v) is 13.1. The van der Waals surface area contributed by atoms with Crippen molar-refractivity contribution in [2.45, 2.75) is 64.6 Å². The van der Waals surface area contributed by atoms with Crippen LogP contribution in [0.4, 0.5) is 5.82 Å². The lowest BCUT2D eigenvalue weighted by atomic mass is 9.95. The van der Waals surface area contributed by atoms with Gasteiger partial charge in [-0.25, -0.2) is 14.1 Å². The number of methoxy groups -OCH3 is 1. The van der Waals surface area contributed by atoms with Gasteiger partial charge in [0.15, 0.2) is 18.0 Å². The smallest absolute Gasteiger partial charge is 0.459 e. The van der Waals surface area contributed by atoms with Crippen molar-refractivity contribution in [3.05, 3.63) is 54.5 Å². The molecule has 0 unspecified atom stereocenters. The monoisotopic (exact) mass is 672 g/mol. The van der Waals surface area contributed by atoms with Crippen molar-refractivity contribution in [2.75, 3.05) is 19.5 Å². The molecule has 1 aromatic carbocycles. The number of nitriles is 1. The first kappa shape index (κ1) is 35.3. The van der Waals surface area contributed by atoms with Crippen LogP contribution in [0.1, 0.15) is 46.4 Å². The zero-order valence-electron chi connectivity index (χ0n) is 26.7. The van der Waals surface area contributed by atoms with Crippen LogP contribution in [0, 0.1) is 23.2 Å². The van der Waals surface area contributed by atoms with E-state index in [4.69, 9.17) is 33.7 Å². The molecular formula is C30H37N6O10P. The third-order valence-corrected chi connectivity index (χ3v) is 8.77. The zero-order valence-corrected chi connectivity index (χ0v) is 27.6. The predicted octanol–water partition coefficient (Wildman–Crippen LogP) is 3.14. The Kier molecular flexibility index (Phi) is 10.9. The van der Waals surface area contributed by atoms with Gasteiger partial charge in [0.05, 0.1) is 24.6 Å². The number of nitrogens with one attached hydrogen (secondary N) is 1. The van der Waals surface area contributed by atoms with Gasteiger partial charge >= 0.3 is 25.7 Å². The Labute approximate surface area is 271 Å². The van der Waals surface area contributed by atoms with Gasteiger partial charge in [-0.2, -0.15) is 15.4 Å². The minimum Gasteiger partial charge on any atom is -0.468 e. The number of carbonyl (C=O) groups excluding carboxylic acids is 3. The third kappa shape index (κ3) is 7.71. The second-order valence-electron chi connectivity index (χ2n) is 11.4. The van der Waals surface area contributed by atoms with Gasteiger partial charge in [-0.1, -0.05) is 45.9 Å². The van der Waals surface area contributed by atoms with E-state index in [9.17, 15) is 24.2 Å². The summed E-state index contributed by atoms with van der Waals surface area (Å²) in [5.41, 5.74) is 4.46. The maximum Gasteiger partial charge on any atom is 0.459 e. The molecule has 0 bridgehead atoms. The first-order valence-corrected chi connectivity index (χ1v) is 16.2. The fourth-order valence-electron chi connectivity index (χ4n) is 4.62. The van der Waals surface area contributed by atoms with Crippen LogP contribution in [0.15, 0.2) is 48.8 Å². The lowest BCUT2D eigenvalue weighted by molar-refractivity contribution is -0.173. The molecule has 1 aliphatic heterocycles. The van der Waals surface area contributed by atoms with Crippen molar-refractivity contribution < 1.29 is 46.9 Å². The maximum atomic E-state index is 14.2. The molecule has 3 heterocycles. The number of nitrogens with two attached hydrogens (primary N) is 1. The molecule has 17 heteroatoms. The van der Waals surface area contributed by atoms with Crippen LogP contribution >= 0.6 is 7.75 Å². The summed E-state index contributed by atoms with van der Waals surface area (Å²) >= 11 is 0. The SMILES string of the molecule is COC(=O)[C@H](C)N[P@@](=O)(OC[C@@]1(C#N)O[C@@H](c2ccc3c(N)ncnn23)[C@H](OC(=O)C(C)C)[C@@H]1OC(=O)C(C)C)Oc1ccccc1. The Hall–Kier alpha value is -4.55. The molecule has 16 nitrogen and oxygen atoms in total. The van der Waals surface area contributed by atoms with E-state index in [1.807, 2.05) is 6.07 Å². The number of rotatable bonds is 13. The van der Waals surface area contributed by atoms with E-state index in [1.165, 1.54) is 29.9 Å². The molecule has 3 aromatic rings. The summed E-state index contributed by atoms with van der Waals surface area (Å²) in [5.74, 6) is -3.21. The largest absolute Gasteiger partial charge is 0.468 e. The van der Waals surface area contributed by atoms with Crippen LogP contribution in [0.2, 0.25) is 0 Å². The molecule has 2 aromatic heterocycles. The summed E-state index contributed by atoms with van der Waals surface area (Å²) < 4.78 is 49.8. The molecule has 4 rings (SSSR count). The van der Waals surface area contributed by atoms with E-state index in [2.05, 4.69) is 15.2 Å². The topological polar surface area (TPSA) is 216 Å². The van der Waals surface area contributed by atoms with E-state index in [1.54, 1.807) is 58.0 Å². The maximum absolute atomic E-state index is 14.2. The number of fused-ring (bicyclic) bond motifs is 1. The van der Waals surface area contributed by atoms with Crippen molar-refractivity contribution in [3.63, 3.8) is 0 Å². The molecule has 252 valence electrons. The molecule has 1 aliphatic rings. The number of ether oxygens (including phenoxy) is 4. The summed E-state index contributed by atoms with van der Waals surface area (Å²) in [7, 11) is -3.36. The number of hydrogen-bond acceptors (Lipinski definition) is 14. The Bertz CT molecular complexity index is 1690. The van der Waals surface area contributed by atoms with Crippen LogP contribution in [-0.2, 0) is 42.4 Å². The summed E-state index contributed by atoms with van der Waals surface area (Å²) in [5, 5.41) is 17.4. The fourth-order valence-corrected chi connectivity index (χ4v) is 6.14. The van der Waals surface area contributed by atoms with Crippen LogP contribution in [0.25, 0.3) is 5.52 Å². The van der Waals surface area contributed by atoms with E-state index in [-0.39, 0.29) is 17.3 Å². The molecule has 0 spiro atoms. The average molecular weight is 673 g/mol. The van der Waals surface area contributed by atoms with Crippen molar-refractivity contribution >= 4 is 37.0 Å². The van der Waals surface area contributed by atoms with Crippen LogP contribution in [0.5, 0.6) is 5.75 Å². The summed E-state index contributed by atoms with van der Waals surface area (Å²) in [6, 6.07) is 12.0. The highest BCUT2D eigenvalue weighted by Crippen LogP contribution is 2.50. The van der Waals surface area contributed by atoms with Crippen molar-refractivity contribution in [2.24, 2.45) is 11.8 Å². The first-order valence-electron chi connectivity index (χ1n) is 14.7. The minimum atomic E-state index is -4.51. The summed E-state index contributed by atoms with van der Waals surface area (Å²) in [6.45, 7) is 6.89. The number of benzene rings is 1. The van der Waals surface area contributed by atoms with Gasteiger partial charge in [0.1, 0.15) is 42.4 Å². The van der Waals surface area contributed by atoms with Crippen molar-refractivity contribution in [1.82, 2.24) is 19.7 Å². The Morgan fingerprint density at radius 3 is 2.34 bits per heavy atom. The van der Waals surface area contributed by atoms with Gasteiger partial charge in [-0.3, -0.25) is 18.9 Å². The molecule has 1 fully saturated rings. The summed E-state index contributed by atoms with van der Waals surface area (Å²) in [6.07, 6.45) is -3.10. The normalized spacial score (nSPS) is 22.7. The first-order chi connectivity index (χ1) is 22.2. The van der Waals surface area contributed by atoms with Crippen LogP contribution in [-0.4, -0.2) is 70.1 Å². The van der Waals surface area contributed by atoms with Gasteiger partial charge in [-0.15, -0.1) is 0 Å². The highest BCUT2D eigenvalue weighted by atomic mass is 31.2. The molecule has 1 saturated heterocycles. The number of nitrogen functional groups attached to an aromatic ring is 1. The van der Waals surface area contributed by atoms with E-state index in [0.29, 0.717) is 5.52 Å². The van der Waals surface area contributed by atoms with E-state index < -0.39 is 74.1 Å². The molecule has 3 N–H and O–H groups in total. The quantitative estimate of drug-likeness (QED) is 0.151. The molecule has 0 radical (unpaired) electrons. The predicted molar refractivity (Wildman–Crippen MR) is 164 cm³/mol. The lowest BCUT2D eigenvalue weighted by Gasteiger charge is -2.31. The highest BCUT2D eigenvalue weighted by molar-refractivity contribution is 7.52. The summed E-state index contributed by atoms with van der Waals surface area (Å²) in [4.78, 5) is 42.3. The highest BCUT2D eigenvalue weighted by Gasteiger charge is 2.62. The number of esters is 3. The van der Waals surface area contributed by atoms with E-state index in [0.717, 1.165) is 7.11 Å². The zero-order chi connectivity index (χ0) is 34.5. The standard InChI is InChI=1S/C30H37N6O10P/c1-17(2)27(37)43-24-23(21-12-13-22-26(32)33-16-34-36(21)22)45-30(14-31,25(24)44-28(38)18(3)4)15-42-47(40,35-19(5)29(39)41-6)46-20-10-8-7-9-11-20/h7-13,16-19,23-25H,15H2,1-6H3,(H,35,40)(H2,32,33,34)/t19-,23-,24-,25-,30+,47+/m0/s1. The second kappa shape index (κ2) is 14.5. The minimum absolute atomic E-state index is 0.111. The number of nitrogens with zero attached hydrogens (tertiary/aromatic N) is 4. The van der Waals surface area contributed by atoms with Gasteiger partial charge in [0.25, 0.3) is 0 Å². The van der Waals surface area contributed by atoms with Gasteiger partial charge in [-0.05, 0) is 31.2 Å².